The standard InChI is InChI=1S/C16H19N3O5/c1-18-15(21)6-7-19(16(18)22)10-14(20)17-9-11-8-12(23-2)4-5-13(11)24-3/h4-8H,9-10H2,1-3H3,(H,17,20). The predicted octanol–water partition coefficient (Wildman–Crippen LogP) is -0.119. The summed E-state index contributed by atoms with van der Waals surface area (Å²) in [4.78, 5) is 35.3. The van der Waals surface area contributed by atoms with Gasteiger partial charge in [-0.15, -0.1) is 0 Å². The van der Waals surface area contributed by atoms with Crippen molar-refractivity contribution in [3.8, 4) is 11.5 Å². The first-order chi connectivity index (χ1) is 11.5. The Morgan fingerprint density at radius 2 is 1.92 bits per heavy atom. The van der Waals surface area contributed by atoms with Crippen LogP contribution in [0.3, 0.4) is 0 Å². The van der Waals surface area contributed by atoms with Gasteiger partial charge in [0.15, 0.2) is 0 Å². The van der Waals surface area contributed by atoms with Crippen LogP contribution in [0.25, 0.3) is 0 Å². The molecule has 128 valence electrons. The number of carbonyl (C=O) groups is 1. The number of nitrogens with zero attached hydrogens (tertiary/aromatic N) is 2. The minimum absolute atomic E-state index is 0.181. The highest BCUT2D eigenvalue weighted by molar-refractivity contribution is 5.75. The summed E-state index contributed by atoms with van der Waals surface area (Å²) in [6.45, 7) is 0.0406. The molecule has 1 aromatic carbocycles. The average molecular weight is 333 g/mol. The van der Waals surface area contributed by atoms with E-state index in [1.54, 1.807) is 25.3 Å². The highest BCUT2D eigenvalue weighted by Gasteiger charge is 2.09. The maximum atomic E-state index is 12.1. The van der Waals surface area contributed by atoms with Crippen molar-refractivity contribution in [2.45, 2.75) is 13.1 Å². The first kappa shape index (κ1) is 17.3. The Hall–Kier alpha value is -3.03. The molecule has 0 aliphatic rings. The molecule has 2 aromatic rings. The third kappa shape index (κ3) is 3.83. The number of amides is 1. The lowest BCUT2D eigenvalue weighted by molar-refractivity contribution is -0.121. The molecule has 8 heteroatoms. The van der Waals surface area contributed by atoms with Gasteiger partial charge in [0.25, 0.3) is 5.56 Å². The summed E-state index contributed by atoms with van der Waals surface area (Å²) < 4.78 is 12.5. The average Bonchev–Trinajstić information content (AvgIpc) is 2.60. The number of benzene rings is 1. The molecule has 0 fully saturated rings. The van der Waals surface area contributed by atoms with Gasteiger partial charge in [-0.25, -0.2) is 4.79 Å². The fraction of sp³-hybridized carbons (Fsp3) is 0.312. The third-order valence-corrected chi connectivity index (χ3v) is 3.54. The van der Waals surface area contributed by atoms with Crippen LogP contribution >= 0.6 is 0 Å². The molecular weight excluding hydrogens is 314 g/mol. The number of hydrogen-bond donors (Lipinski definition) is 1. The van der Waals surface area contributed by atoms with Gasteiger partial charge < -0.3 is 14.8 Å². The summed E-state index contributed by atoms with van der Waals surface area (Å²) >= 11 is 0. The van der Waals surface area contributed by atoms with Crippen molar-refractivity contribution in [2.75, 3.05) is 14.2 Å². The van der Waals surface area contributed by atoms with E-state index in [9.17, 15) is 14.4 Å². The number of ether oxygens (including phenoxy) is 2. The van der Waals surface area contributed by atoms with Gasteiger partial charge in [0, 0.05) is 31.4 Å². The van der Waals surface area contributed by atoms with E-state index in [0.717, 1.165) is 10.1 Å². The summed E-state index contributed by atoms with van der Waals surface area (Å²) in [5.41, 5.74) is -0.215. The zero-order valence-corrected chi connectivity index (χ0v) is 13.7. The van der Waals surface area contributed by atoms with Crippen molar-refractivity contribution in [3.05, 3.63) is 56.9 Å². The van der Waals surface area contributed by atoms with Crippen molar-refractivity contribution in [2.24, 2.45) is 7.05 Å². The van der Waals surface area contributed by atoms with Crippen LogP contribution in [0.1, 0.15) is 5.56 Å². The number of hydrogen-bond acceptors (Lipinski definition) is 5. The first-order valence-corrected chi connectivity index (χ1v) is 7.20. The normalized spacial score (nSPS) is 10.3. The van der Waals surface area contributed by atoms with Gasteiger partial charge in [0.1, 0.15) is 18.0 Å². The molecule has 0 aliphatic carbocycles. The number of nitrogens with one attached hydrogen (secondary N) is 1. The summed E-state index contributed by atoms with van der Waals surface area (Å²) in [5, 5.41) is 2.71. The maximum Gasteiger partial charge on any atom is 0.331 e. The molecule has 0 saturated heterocycles. The van der Waals surface area contributed by atoms with Gasteiger partial charge in [0.05, 0.1) is 14.2 Å². The maximum absolute atomic E-state index is 12.1. The molecule has 0 saturated carbocycles. The van der Waals surface area contributed by atoms with Crippen LogP contribution in [0.15, 0.2) is 40.1 Å². The Balaban J connectivity index is 2.08. The van der Waals surface area contributed by atoms with Crippen molar-refractivity contribution in [1.29, 1.82) is 0 Å². The molecule has 0 spiro atoms. The van der Waals surface area contributed by atoms with E-state index in [0.29, 0.717) is 11.5 Å². The Morgan fingerprint density at radius 1 is 1.17 bits per heavy atom. The minimum Gasteiger partial charge on any atom is -0.497 e. The van der Waals surface area contributed by atoms with Crippen molar-refractivity contribution < 1.29 is 14.3 Å². The van der Waals surface area contributed by atoms with Crippen molar-refractivity contribution >= 4 is 5.91 Å². The molecule has 0 unspecified atom stereocenters. The van der Waals surface area contributed by atoms with E-state index < -0.39 is 11.2 Å². The van der Waals surface area contributed by atoms with E-state index in [1.807, 2.05) is 0 Å². The molecule has 24 heavy (non-hydrogen) atoms. The SMILES string of the molecule is COc1ccc(OC)c(CNC(=O)Cn2ccc(=O)n(C)c2=O)c1. The second kappa shape index (κ2) is 7.49. The zero-order chi connectivity index (χ0) is 17.7. The lowest BCUT2D eigenvalue weighted by atomic mass is 10.2. The van der Waals surface area contributed by atoms with Gasteiger partial charge in [-0.05, 0) is 18.2 Å². The molecule has 2 rings (SSSR count). The van der Waals surface area contributed by atoms with E-state index in [-0.39, 0.29) is 19.0 Å². The summed E-state index contributed by atoms with van der Waals surface area (Å²) in [5.74, 6) is 0.908. The highest BCUT2D eigenvalue weighted by atomic mass is 16.5. The molecule has 0 atom stereocenters. The summed E-state index contributed by atoms with van der Waals surface area (Å²) in [7, 11) is 4.45. The number of rotatable bonds is 6. The molecule has 8 nitrogen and oxygen atoms in total. The van der Waals surface area contributed by atoms with Gasteiger partial charge >= 0.3 is 5.69 Å². The zero-order valence-electron chi connectivity index (χ0n) is 13.7. The van der Waals surface area contributed by atoms with Crippen LogP contribution in [0.5, 0.6) is 11.5 Å². The van der Waals surface area contributed by atoms with E-state index in [4.69, 9.17) is 9.47 Å². The number of carbonyl (C=O) groups excluding carboxylic acids is 1. The fourth-order valence-electron chi connectivity index (χ4n) is 2.16. The van der Waals surface area contributed by atoms with Gasteiger partial charge in [-0.3, -0.25) is 18.7 Å². The van der Waals surface area contributed by atoms with Crippen LogP contribution < -0.4 is 26.0 Å². The van der Waals surface area contributed by atoms with Crippen LogP contribution in [0, 0.1) is 0 Å². The summed E-state index contributed by atoms with van der Waals surface area (Å²) in [6, 6.07) is 6.50. The van der Waals surface area contributed by atoms with Crippen LogP contribution in [-0.4, -0.2) is 29.3 Å². The second-order valence-corrected chi connectivity index (χ2v) is 5.08. The van der Waals surface area contributed by atoms with Crippen LogP contribution in [0.2, 0.25) is 0 Å². The fourth-order valence-corrected chi connectivity index (χ4v) is 2.16. The van der Waals surface area contributed by atoms with E-state index >= 15 is 0 Å². The second-order valence-electron chi connectivity index (χ2n) is 5.08. The topological polar surface area (TPSA) is 91.6 Å². The molecule has 1 N–H and O–H groups in total. The van der Waals surface area contributed by atoms with E-state index in [1.165, 1.54) is 31.0 Å². The third-order valence-electron chi connectivity index (χ3n) is 3.54. The van der Waals surface area contributed by atoms with Crippen LogP contribution in [-0.2, 0) is 24.9 Å². The van der Waals surface area contributed by atoms with Crippen LogP contribution in [0.4, 0.5) is 0 Å². The molecule has 0 radical (unpaired) electrons. The smallest absolute Gasteiger partial charge is 0.331 e. The number of aromatic nitrogens is 2. The highest BCUT2D eigenvalue weighted by Crippen LogP contribution is 2.23. The van der Waals surface area contributed by atoms with Gasteiger partial charge in [-0.1, -0.05) is 0 Å². The molecule has 1 heterocycles. The molecule has 0 aliphatic heterocycles. The lowest BCUT2D eigenvalue weighted by Crippen LogP contribution is -2.40. The van der Waals surface area contributed by atoms with Crippen molar-refractivity contribution in [3.63, 3.8) is 0 Å². The molecule has 1 aromatic heterocycles. The Morgan fingerprint density at radius 3 is 2.58 bits per heavy atom. The number of methoxy groups -OCH3 is 2. The Bertz CT molecular complexity index is 854. The predicted molar refractivity (Wildman–Crippen MR) is 87.3 cm³/mol. The quantitative estimate of drug-likeness (QED) is 0.796. The summed E-state index contributed by atoms with van der Waals surface area (Å²) in [6.07, 6.45) is 1.30. The molecule has 1 amide bonds. The Kier molecular flexibility index (Phi) is 5.41. The molecule has 0 bridgehead atoms. The lowest BCUT2D eigenvalue weighted by Gasteiger charge is -2.12. The Labute approximate surface area is 138 Å². The van der Waals surface area contributed by atoms with Gasteiger partial charge in [-0.2, -0.15) is 0 Å². The van der Waals surface area contributed by atoms with E-state index in [2.05, 4.69) is 5.32 Å². The monoisotopic (exact) mass is 333 g/mol. The van der Waals surface area contributed by atoms with Crippen molar-refractivity contribution in [1.82, 2.24) is 14.5 Å². The van der Waals surface area contributed by atoms with Gasteiger partial charge in [0.2, 0.25) is 5.91 Å². The largest absolute Gasteiger partial charge is 0.497 e. The molecular formula is C16H19N3O5. The minimum atomic E-state index is -0.545. The first-order valence-electron chi connectivity index (χ1n) is 7.20.